The second-order valence-electron chi connectivity index (χ2n) is 7.17. The van der Waals surface area contributed by atoms with Crippen molar-refractivity contribution < 1.29 is 9.59 Å². The first-order chi connectivity index (χ1) is 10.7. The van der Waals surface area contributed by atoms with Crippen molar-refractivity contribution in [2.45, 2.75) is 69.9 Å². The molecule has 2 saturated heterocycles. The molecule has 22 heavy (non-hydrogen) atoms. The van der Waals surface area contributed by atoms with Crippen LogP contribution in [0.15, 0.2) is 0 Å². The first kappa shape index (κ1) is 15.8. The van der Waals surface area contributed by atoms with E-state index in [1.165, 1.54) is 25.7 Å². The lowest BCUT2D eigenvalue weighted by Gasteiger charge is -2.34. The van der Waals surface area contributed by atoms with Gasteiger partial charge in [0.15, 0.2) is 0 Å². The largest absolute Gasteiger partial charge is 0.353 e. The minimum atomic E-state index is 0.0357. The van der Waals surface area contributed by atoms with Gasteiger partial charge in [0, 0.05) is 25.6 Å². The number of piperidine rings is 1. The third kappa shape index (κ3) is 4.00. The number of carbonyl (C=O) groups excluding carboxylic acids is 2. The predicted molar refractivity (Wildman–Crippen MR) is 85.3 cm³/mol. The fourth-order valence-corrected chi connectivity index (χ4v) is 4.12. The van der Waals surface area contributed by atoms with Gasteiger partial charge in [0.1, 0.15) is 0 Å². The Morgan fingerprint density at radius 1 is 1.00 bits per heavy atom. The summed E-state index contributed by atoms with van der Waals surface area (Å²) in [7, 11) is 0. The molecular formula is C17H29N3O2. The van der Waals surface area contributed by atoms with Crippen molar-refractivity contribution in [3.63, 3.8) is 0 Å². The van der Waals surface area contributed by atoms with Crippen molar-refractivity contribution in [2.75, 3.05) is 19.6 Å². The maximum absolute atomic E-state index is 12.3. The molecular weight excluding hydrogens is 278 g/mol. The summed E-state index contributed by atoms with van der Waals surface area (Å²) < 4.78 is 0. The number of rotatable bonds is 4. The smallest absolute Gasteiger partial charge is 0.239 e. The van der Waals surface area contributed by atoms with E-state index in [9.17, 15) is 9.59 Å². The lowest BCUT2D eigenvalue weighted by Crippen LogP contribution is -2.50. The highest BCUT2D eigenvalue weighted by Gasteiger charge is 2.30. The van der Waals surface area contributed by atoms with Crippen LogP contribution in [-0.4, -0.2) is 48.4 Å². The summed E-state index contributed by atoms with van der Waals surface area (Å²) in [4.78, 5) is 26.4. The molecule has 1 aliphatic carbocycles. The Bertz CT molecular complexity index is 393. The fourth-order valence-electron chi connectivity index (χ4n) is 4.12. The molecule has 2 aliphatic heterocycles. The zero-order valence-corrected chi connectivity index (χ0v) is 13.5. The van der Waals surface area contributed by atoms with E-state index < -0.39 is 0 Å². The lowest BCUT2D eigenvalue weighted by molar-refractivity contribution is -0.134. The maximum atomic E-state index is 12.3. The van der Waals surface area contributed by atoms with Crippen molar-refractivity contribution >= 4 is 11.8 Å². The monoisotopic (exact) mass is 307 g/mol. The van der Waals surface area contributed by atoms with Gasteiger partial charge < -0.3 is 15.5 Å². The standard InChI is InChI=1S/C17H29N3O2/c21-16(12-13-4-1-2-5-13)19-14-7-10-20(11-8-14)17(22)15-6-3-9-18-15/h13-15,18H,1-12H2,(H,19,21). The van der Waals surface area contributed by atoms with E-state index in [0.29, 0.717) is 12.3 Å². The minimum absolute atomic E-state index is 0.0357. The van der Waals surface area contributed by atoms with E-state index in [1.807, 2.05) is 4.90 Å². The molecule has 1 unspecified atom stereocenters. The zero-order chi connectivity index (χ0) is 15.4. The molecule has 1 saturated carbocycles. The van der Waals surface area contributed by atoms with E-state index >= 15 is 0 Å². The molecule has 0 radical (unpaired) electrons. The van der Waals surface area contributed by atoms with Crippen LogP contribution >= 0.6 is 0 Å². The number of nitrogens with one attached hydrogen (secondary N) is 2. The predicted octanol–water partition coefficient (Wildman–Crippen LogP) is 1.43. The Balaban J connectivity index is 1.37. The van der Waals surface area contributed by atoms with Crippen LogP contribution in [0.5, 0.6) is 0 Å². The number of amides is 2. The molecule has 2 amide bonds. The van der Waals surface area contributed by atoms with Crippen LogP contribution in [0.3, 0.4) is 0 Å². The highest BCUT2D eigenvalue weighted by Crippen LogP contribution is 2.27. The topological polar surface area (TPSA) is 61.4 Å². The first-order valence-corrected chi connectivity index (χ1v) is 9.04. The molecule has 124 valence electrons. The van der Waals surface area contributed by atoms with Gasteiger partial charge in [0.25, 0.3) is 0 Å². The van der Waals surface area contributed by atoms with Gasteiger partial charge in [-0.3, -0.25) is 9.59 Å². The van der Waals surface area contributed by atoms with Crippen molar-refractivity contribution in [3.05, 3.63) is 0 Å². The molecule has 2 heterocycles. The van der Waals surface area contributed by atoms with Gasteiger partial charge in [-0.25, -0.2) is 0 Å². The van der Waals surface area contributed by atoms with Gasteiger partial charge in [-0.05, 0) is 51.0 Å². The Labute approximate surface area is 133 Å². The van der Waals surface area contributed by atoms with Crippen LogP contribution in [0.25, 0.3) is 0 Å². The summed E-state index contributed by atoms with van der Waals surface area (Å²) >= 11 is 0. The molecule has 2 N–H and O–H groups in total. The van der Waals surface area contributed by atoms with E-state index in [0.717, 1.165) is 45.3 Å². The highest BCUT2D eigenvalue weighted by atomic mass is 16.2. The Morgan fingerprint density at radius 3 is 2.36 bits per heavy atom. The molecule has 5 heteroatoms. The molecule has 0 spiro atoms. The summed E-state index contributed by atoms with van der Waals surface area (Å²) in [5.41, 5.74) is 0. The quantitative estimate of drug-likeness (QED) is 0.826. The number of likely N-dealkylation sites (tertiary alicyclic amines) is 1. The van der Waals surface area contributed by atoms with Crippen LogP contribution in [0.1, 0.15) is 57.8 Å². The number of hydrogen-bond donors (Lipinski definition) is 2. The first-order valence-electron chi connectivity index (χ1n) is 9.04. The van der Waals surface area contributed by atoms with Gasteiger partial charge >= 0.3 is 0 Å². The van der Waals surface area contributed by atoms with Crippen molar-refractivity contribution in [3.8, 4) is 0 Å². The second kappa shape index (κ2) is 7.44. The Hall–Kier alpha value is -1.10. The third-order valence-electron chi connectivity index (χ3n) is 5.48. The number of carbonyl (C=O) groups is 2. The van der Waals surface area contributed by atoms with Gasteiger partial charge in [-0.15, -0.1) is 0 Å². The lowest BCUT2D eigenvalue weighted by atomic mass is 10.0. The van der Waals surface area contributed by atoms with Gasteiger partial charge in [-0.1, -0.05) is 12.8 Å². The van der Waals surface area contributed by atoms with Crippen LogP contribution in [-0.2, 0) is 9.59 Å². The van der Waals surface area contributed by atoms with Crippen LogP contribution in [0.4, 0.5) is 0 Å². The van der Waals surface area contributed by atoms with Crippen LogP contribution in [0.2, 0.25) is 0 Å². The average molecular weight is 307 g/mol. The van der Waals surface area contributed by atoms with Crippen LogP contribution in [0, 0.1) is 5.92 Å². The Morgan fingerprint density at radius 2 is 1.73 bits per heavy atom. The molecule has 0 aromatic heterocycles. The SMILES string of the molecule is O=C(CC1CCCC1)NC1CCN(C(=O)C2CCCN2)CC1. The molecule has 0 bridgehead atoms. The van der Waals surface area contributed by atoms with Gasteiger partial charge in [0.2, 0.25) is 11.8 Å². The normalized spacial score (nSPS) is 27.3. The summed E-state index contributed by atoms with van der Waals surface area (Å²) in [5, 5.41) is 6.46. The molecule has 0 aromatic rings. The summed E-state index contributed by atoms with van der Waals surface area (Å²) in [6, 6.07) is 0.294. The van der Waals surface area contributed by atoms with E-state index in [2.05, 4.69) is 10.6 Å². The van der Waals surface area contributed by atoms with Crippen molar-refractivity contribution in [1.82, 2.24) is 15.5 Å². The summed E-state index contributed by atoms with van der Waals surface area (Å²) in [5.74, 6) is 1.08. The molecule has 3 fully saturated rings. The number of nitrogens with zero attached hydrogens (tertiary/aromatic N) is 1. The van der Waals surface area contributed by atoms with Gasteiger partial charge in [0.05, 0.1) is 6.04 Å². The highest BCUT2D eigenvalue weighted by molar-refractivity contribution is 5.82. The molecule has 3 aliphatic rings. The minimum Gasteiger partial charge on any atom is -0.353 e. The van der Waals surface area contributed by atoms with Crippen LogP contribution < -0.4 is 10.6 Å². The van der Waals surface area contributed by atoms with E-state index in [1.54, 1.807) is 0 Å². The summed E-state index contributed by atoms with van der Waals surface area (Å²) in [6.45, 7) is 2.53. The molecule has 1 atom stereocenters. The molecule has 0 aromatic carbocycles. The zero-order valence-electron chi connectivity index (χ0n) is 13.5. The fraction of sp³-hybridized carbons (Fsp3) is 0.882. The Kier molecular flexibility index (Phi) is 5.34. The average Bonchev–Trinajstić information content (AvgIpc) is 3.20. The molecule has 3 rings (SSSR count). The third-order valence-corrected chi connectivity index (χ3v) is 5.48. The summed E-state index contributed by atoms with van der Waals surface area (Å²) in [6.07, 6.45) is 9.57. The number of hydrogen-bond acceptors (Lipinski definition) is 3. The molecule has 5 nitrogen and oxygen atoms in total. The maximum Gasteiger partial charge on any atom is 0.239 e. The second-order valence-corrected chi connectivity index (χ2v) is 7.17. The van der Waals surface area contributed by atoms with Gasteiger partial charge in [-0.2, -0.15) is 0 Å². The van der Waals surface area contributed by atoms with Crippen molar-refractivity contribution in [2.24, 2.45) is 5.92 Å². The van der Waals surface area contributed by atoms with E-state index in [4.69, 9.17) is 0 Å². The van der Waals surface area contributed by atoms with Crippen molar-refractivity contribution in [1.29, 1.82) is 0 Å². The van der Waals surface area contributed by atoms with E-state index in [-0.39, 0.29) is 23.9 Å².